The highest BCUT2D eigenvalue weighted by molar-refractivity contribution is 7.91. The zero-order valence-corrected chi connectivity index (χ0v) is 19.1. The standard InChI is InChI=1S/C19H16ClF2N3O3S3/c20-16-3-4-17(30-16)31(27,28)25-7-5-11(6-8-25)18(26)24-19-23-15(10-29-19)12-1-2-13(21)14(22)9-12/h1-4,9-11H,5-8H2,(H,23,24,26). The molecule has 1 aliphatic heterocycles. The molecule has 0 bridgehead atoms. The summed E-state index contributed by atoms with van der Waals surface area (Å²) < 4.78 is 53.8. The Morgan fingerprint density at radius 3 is 2.55 bits per heavy atom. The van der Waals surface area contributed by atoms with E-state index < -0.39 is 21.7 Å². The van der Waals surface area contributed by atoms with E-state index in [9.17, 15) is 22.0 Å². The molecule has 1 N–H and O–H groups in total. The third-order valence-corrected chi connectivity index (χ3v) is 9.27. The summed E-state index contributed by atoms with van der Waals surface area (Å²) in [5, 5.41) is 4.72. The molecular formula is C19H16ClF2N3O3S3. The lowest BCUT2D eigenvalue weighted by Crippen LogP contribution is -2.41. The van der Waals surface area contributed by atoms with Gasteiger partial charge in [-0.1, -0.05) is 11.6 Å². The van der Waals surface area contributed by atoms with Crippen LogP contribution in [0.3, 0.4) is 0 Å². The number of aromatic nitrogens is 1. The van der Waals surface area contributed by atoms with E-state index in [1.165, 1.54) is 27.8 Å². The molecule has 1 fully saturated rings. The maximum Gasteiger partial charge on any atom is 0.252 e. The van der Waals surface area contributed by atoms with Crippen molar-refractivity contribution in [3.63, 3.8) is 0 Å². The van der Waals surface area contributed by atoms with Crippen LogP contribution in [0.5, 0.6) is 0 Å². The van der Waals surface area contributed by atoms with Gasteiger partial charge >= 0.3 is 0 Å². The summed E-state index contributed by atoms with van der Waals surface area (Å²) >= 11 is 8.02. The van der Waals surface area contributed by atoms with Crippen LogP contribution in [-0.2, 0) is 14.8 Å². The van der Waals surface area contributed by atoms with Gasteiger partial charge in [-0.3, -0.25) is 4.79 Å². The number of nitrogens with zero attached hydrogens (tertiary/aromatic N) is 2. The number of hydrogen-bond donors (Lipinski definition) is 1. The predicted octanol–water partition coefficient (Wildman–Crippen LogP) is 4.84. The normalized spacial score (nSPS) is 15.8. The molecule has 0 atom stereocenters. The number of benzene rings is 1. The van der Waals surface area contributed by atoms with Crippen LogP contribution in [-0.4, -0.2) is 36.7 Å². The quantitative estimate of drug-likeness (QED) is 0.540. The molecule has 0 radical (unpaired) electrons. The number of halogens is 3. The molecule has 1 saturated heterocycles. The highest BCUT2D eigenvalue weighted by Gasteiger charge is 2.33. The fourth-order valence-corrected chi connectivity index (χ4v) is 7.08. The van der Waals surface area contributed by atoms with Gasteiger partial charge in [0.05, 0.1) is 10.0 Å². The minimum atomic E-state index is -3.62. The van der Waals surface area contributed by atoms with Crippen molar-refractivity contribution < 1.29 is 22.0 Å². The highest BCUT2D eigenvalue weighted by atomic mass is 35.5. The van der Waals surface area contributed by atoms with E-state index in [1.54, 1.807) is 11.4 Å². The highest BCUT2D eigenvalue weighted by Crippen LogP contribution is 2.31. The van der Waals surface area contributed by atoms with Crippen molar-refractivity contribution in [2.24, 2.45) is 5.92 Å². The molecule has 3 aromatic rings. The molecule has 164 valence electrons. The lowest BCUT2D eigenvalue weighted by molar-refractivity contribution is -0.120. The number of amides is 1. The Labute approximate surface area is 190 Å². The fourth-order valence-electron chi connectivity index (χ4n) is 3.25. The molecule has 4 rings (SSSR count). The van der Waals surface area contributed by atoms with E-state index in [0.29, 0.717) is 33.6 Å². The van der Waals surface area contributed by atoms with Crippen molar-refractivity contribution in [3.8, 4) is 11.3 Å². The number of nitrogens with one attached hydrogen (secondary N) is 1. The summed E-state index contributed by atoms with van der Waals surface area (Å²) in [5.41, 5.74) is 0.831. The van der Waals surface area contributed by atoms with Crippen LogP contribution in [0.4, 0.5) is 13.9 Å². The van der Waals surface area contributed by atoms with E-state index in [4.69, 9.17) is 11.6 Å². The Morgan fingerprint density at radius 1 is 1.16 bits per heavy atom. The summed E-state index contributed by atoms with van der Waals surface area (Å²) in [4.78, 5) is 16.9. The Bertz CT molecular complexity index is 1220. The van der Waals surface area contributed by atoms with Crippen molar-refractivity contribution in [3.05, 3.63) is 51.7 Å². The zero-order valence-electron chi connectivity index (χ0n) is 15.8. The molecule has 0 spiro atoms. The van der Waals surface area contributed by atoms with Gasteiger partial charge in [-0.2, -0.15) is 4.31 Å². The van der Waals surface area contributed by atoms with Crippen molar-refractivity contribution in [2.75, 3.05) is 18.4 Å². The van der Waals surface area contributed by atoms with E-state index in [1.807, 2.05) is 0 Å². The average Bonchev–Trinajstić information content (AvgIpc) is 3.39. The summed E-state index contributed by atoms with van der Waals surface area (Å²) in [6.07, 6.45) is 0.761. The first-order valence-electron chi connectivity index (χ1n) is 9.21. The van der Waals surface area contributed by atoms with Crippen LogP contribution in [0.1, 0.15) is 12.8 Å². The fraction of sp³-hybridized carbons (Fsp3) is 0.263. The van der Waals surface area contributed by atoms with Crippen LogP contribution < -0.4 is 5.32 Å². The van der Waals surface area contributed by atoms with Crippen molar-refractivity contribution in [2.45, 2.75) is 17.1 Å². The van der Waals surface area contributed by atoms with Gasteiger partial charge in [0.15, 0.2) is 16.8 Å². The molecule has 31 heavy (non-hydrogen) atoms. The van der Waals surface area contributed by atoms with Gasteiger partial charge in [0.2, 0.25) is 5.91 Å². The van der Waals surface area contributed by atoms with Crippen molar-refractivity contribution in [1.82, 2.24) is 9.29 Å². The second-order valence-electron chi connectivity index (χ2n) is 6.89. The minimum Gasteiger partial charge on any atom is -0.302 e. The first-order chi connectivity index (χ1) is 14.7. The molecule has 1 aliphatic rings. The Hall–Kier alpha value is -1.92. The molecule has 6 nitrogen and oxygen atoms in total. The van der Waals surface area contributed by atoms with E-state index >= 15 is 0 Å². The van der Waals surface area contributed by atoms with Gasteiger partial charge in [-0.15, -0.1) is 22.7 Å². The summed E-state index contributed by atoms with van der Waals surface area (Å²) in [5.74, 6) is -2.51. The number of carbonyl (C=O) groups excluding carboxylic acids is 1. The van der Waals surface area contributed by atoms with E-state index in [0.717, 1.165) is 23.5 Å². The summed E-state index contributed by atoms with van der Waals surface area (Å²) in [6.45, 7) is 0.460. The van der Waals surface area contributed by atoms with E-state index in [-0.39, 0.29) is 29.1 Å². The van der Waals surface area contributed by atoms with Crippen LogP contribution >= 0.6 is 34.3 Å². The first-order valence-corrected chi connectivity index (χ1v) is 12.7. The number of thiophene rings is 1. The Morgan fingerprint density at radius 2 is 1.90 bits per heavy atom. The summed E-state index contributed by atoms with van der Waals surface area (Å²) in [7, 11) is -3.62. The van der Waals surface area contributed by atoms with Gasteiger partial charge in [0, 0.05) is 30.0 Å². The smallest absolute Gasteiger partial charge is 0.252 e. The molecule has 0 unspecified atom stereocenters. The molecule has 1 aromatic carbocycles. The van der Waals surface area contributed by atoms with Gasteiger partial charge < -0.3 is 5.32 Å². The Balaban J connectivity index is 1.36. The summed E-state index contributed by atoms with van der Waals surface area (Å²) in [6, 6.07) is 6.51. The lowest BCUT2D eigenvalue weighted by Gasteiger charge is -2.29. The van der Waals surface area contributed by atoms with Crippen LogP contribution in [0.2, 0.25) is 4.34 Å². The topological polar surface area (TPSA) is 79.4 Å². The number of rotatable bonds is 5. The first kappa shape index (κ1) is 22.3. The second-order valence-corrected chi connectivity index (χ2v) is 11.6. The molecule has 3 heterocycles. The average molecular weight is 504 g/mol. The number of hydrogen-bond acceptors (Lipinski definition) is 6. The number of thiazole rings is 1. The van der Waals surface area contributed by atoms with Gasteiger partial charge in [0.25, 0.3) is 10.0 Å². The third kappa shape index (κ3) is 4.80. The second kappa shape index (κ2) is 8.91. The molecule has 12 heteroatoms. The largest absolute Gasteiger partial charge is 0.302 e. The molecule has 2 aromatic heterocycles. The minimum absolute atomic E-state index is 0.188. The Kier molecular flexibility index (Phi) is 6.40. The van der Waals surface area contributed by atoms with Crippen molar-refractivity contribution in [1.29, 1.82) is 0 Å². The zero-order chi connectivity index (χ0) is 22.2. The molecule has 0 aliphatic carbocycles. The van der Waals surface area contributed by atoms with Gasteiger partial charge in [-0.05, 0) is 43.2 Å². The maximum absolute atomic E-state index is 13.4. The van der Waals surface area contributed by atoms with Crippen LogP contribution in [0, 0.1) is 17.6 Å². The molecule has 0 saturated carbocycles. The third-order valence-electron chi connectivity index (χ3n) is 4.92. The SMILES string of the molecule is O=C(Nc1nc(-c2ccc(F)c(F)c2)cs1)C1CCN(S(=O)(=O)c2ccc(Cl)s2)CC1. The number of anilines is 1. The van der Waals surface area contributed by atoms with E-state index in [2.05, 4.69) is 10.3 Å². The van der Waals surface area contributed by atoms with Crippen molar-refractivity contribution >= 4 is 55.3 Å². The predicted molar refractivity (Wildman–Crippen MR) is 117 cm³/mol. The lowest BCUT2D eigenvalue weighted by atomic mass is 9.97. The monoisotopic (exact) mass is 503 g/mol. The number of carbonyl (C=O) groups is 1. The molecule has 1 amide bonds. The molecular weight excluding hydrogens is 488 g/mol. The maximum atomic E-state index is 13.4. The van der Waals surface area contributed by atoms with Gasteiger partial charge in [-0.25, -0.2) is 22.2 Å². The van der Waals surface area contributed by atoms with Crippen LogP contribution in [0.15, 0.2) is 39.9 Å². The number of sulfonamides is 1. The number of piperidine rings is 1. The van der Waals surface area contributed by atoms with Gasteiger partial charge in [0.1, 0.15) is 4.21 Å². The van der Waals surface area contributed by atoms with Crippen LogP contribution in [0.25, 0.3) is 11.3 Å².